The lowest BCUT2D eigenvalue weighted by Gasteiger charge is -2.13. The van der Waals surface area contributed by atoms with E-state index in [0.29, 0.717) is 27.4 Å². The molecule has 0 bridgehead atoms. The molecule has 8 heteroatoms. The highest BCUT2D eigenvalue weighted by Crippen LogP contribution is 2.16. The van der Waals surface area contributed by atoms with Crippen molar-refractivity contribution < 1.29 is 4.79 Å². The van der Waals surface area contributed by atoms with E-state index in [4.69, 9.17) is 11.6 Å². The Bertz CT molecular complexity index is 1380. The van der Waals surface area contributed by atoms with Crippen molar-refractivity contribution in [3.8, 4) is 0 Å². The molecule has 0 saturated carbocycles. The summed E-state index contributed by atoms with van der Waals surface area (Å²) in [5.74, 6) is 0.293. The summed E-state index contributed by atoms with van der Waals surface area (Å²) in [4.78, 5) is 32.3. The van der Waals surface area contributed by atoms with E-state index in [0.717, 1.165) is 15.9 Å². The number of para-hydroxylation sites is 1. The molecular weight excluding hydrogens is 438 g/mol. The van der Waals surface area contributed by atoms with E-state index in [1.807, 2.05) is 55.4 Å². The van der Waals surface area contributed by atoms with Crippen molar-refractivity contribution >= 4 is 52.1 Å². The average molecular weight is 460 g/mol. The van der Waals surface area contributed by atoms with Crippen LogP contribution in [0.1, 0.15) is 11.4 Å². The molecular formula is C25H22ClN5O2. The molecule has 0 unspecified atom stereocenters. The molecule has 7 nitrogen and oxygen atoms in total. The number of carbonyl (C=O) groups is 1. The topological polar surface area (TPSA) is 79.3 Å². The molecule has 4 aromatic rings. The minimum Gasteiger partial charge on any atom is -0.378 e. The maximum absolute atomic E-state index is 13.1. The van der Waals surface area contributed by atoms with E-state index in [2.05, 4.69) is 15.7 Å². The molecule has 0 spiro atoms. The van der Waals surface area contributed by atoms with Crippen LogP contribution in [0.2, 0.25) is 5.02 Å². The van der Waals surface area contributed by atoms with Gasteiger partial charge in [-0.25, -0.2) is 15.2 Å². The molecule has 166 valence electrons. The van der Waals surface area contributed by atoms with Gasteiger partial charge in [0.15, 0.2) is 5.82 Å². The first kappa shape index (κ1) is 22.1. The highest BCUT2D eigenvalue weighted by Gasteiger charge is 2.12. The van der Waals surface area contributed by atoms with Crippen LogP contribution in [0.4, 0.5) is 16.2 Å². The summed E-state index contributed by atoms with van der Waals surface area (Å²) >= 11 is 5.89. The largest absolute Gasteiger partial charge is 0.378 e. The third kappa shape index (κ3) is 5.22. The van der Waals surface area contributed by atoms with Crippen LogP contribution in [0.15, 0.2) is 77.6 Å². The zero-order chi connectivity index (χ0) is 23.4. The molecule has 33 heavy (non-hydrogen) atoms. The molecule has 0 saturated heterocycles. The van der Waals surface area contributed by atoms with Crippen LogP contribution in [0.3, 0.4) is 0 Å². The van der Waals surface area contributed by atoms with Gasteiger partial charge in [-0.15, -0.1) is 0 Å². The number of fused-ring (bicyclic) bond motifs is 1. The number of anilines is 2. The second-order valence-electron chi connectivity index (χ2n) is 7.52. The summed E-state index contributed by atoms with van der Waals surface area (Å²) in [5.41, 5.74) is 5.30. The third-order valence-corrected chi connectivity index (χ3v) is 5.20. The fraction of sp³-hybridized carbons (Fsp3) is 0.0800. The monoisotopic (exact) mass is 459 g/mol. The first-order valence-corrected chi connectivity index (χ1v) is 10.6. The van der Waals surface area contributed by atoms with E-state index >= 15 is 0 Å². The highest BCUT2D eigenvalue weighted by atomic mass is 35.5. The number of hydrogen-bond acceptors (Lipinski definition) is 4. The minimum absolute atomic E-state index is 0.293. The Morgan fingerprint density at radius 1 is 0.970 bits per heavy atom. The zero-order valence-electron chi connectivity index (χ0n) is 18.1. The van der Waals surface area contributed by atoms with Gasteiger partial charge in [0, 0.05) is 30.5 Å². The van der Waals surface area contributed by atoms with Gasteiger partial charge in [0.2, 0.25) is 0 Å². The molecule has 2 N–H and O–H groups in total. The summed E-state index contributed by atoms with van der Waals surface area (Å²) in [6.45, 7) is 0. The van der Waals surface area contributed by atoms with Crippen molar-refractivity contribution in [2.75, 3.05) is 29.7 Å². The van der Waals surface area contributed by atoms with Crippen LogP contribution in [0, 0.1) is 0 Å². The first-order valence-electron chi connectivity index (χ1n) is 10.2. The molecule has 1 aromatic heterocycles. The summed E-state index contributed by atoms with van der Waals surface area (Å²) in [5, 5.41) is 3.64. The molecule has 0 atom stereocenters. The Labute approximate surface area is 195 Å². The van der Waals surface area contributed by atoms with E-state index in [-0.39, 0.29) is 5.56 Å². The Balaban J connectivity index is 1.67. The van der Waals surface area contributed by atoms with Gasteiger partial charge >= 0.3 is 6.03 Å². The molecule has 0 aliphatic carbocycles. The number of benzene rings is 3. The normalized spacial score (nSPS) is 11.0. The number of amides is 2. The predicted octanol–water partition coefficient (Wildman–Crippen LogP) is 5.06. The van der Waals surface area contributed by atoms with Crippen LogP contribution in [-0.4, -0.2) is 29.8 Å². The number of rotatable bonds is 5. The van der Waals surface area contributed by atoms with Crippen LogP contribution in [0.25, 0.3) is 23.1 Å². The SMILES string of the molecule is CN(C)c1ccc(/C=C/c2nc3ccccc3c(=O)n2NC(=O)Nc2ccc(Cl)cc2)cc1. The number of nitrogens with one attached hydrogen (secondary N) is 2. The molecule has 0 radical (unpaired) electrons. The van der Waals surface area contributed by atoms with Crippen LogP contribution < -0.4 is 21.2 Å². The Hall–Kier alpha value is -4.10. The average Bonchev–Trinajstić information content (AvgIpc) is 2.81. The second kappa shape index (κ2) is 9.58. The third-order valence-electron chi connectivity index (χ3n) is 4.95. The molecule has 0 fully saturated rings. The van der Waals surface area contributed by atoms with Crippen LogP contribution >= 0.6 is 11.6 Å². The summed E-state index contributed by atoms with van der Waals surface area (Å²) in [7, 11) is 3.95. The molecule has 2 amide bonds. The maximum atomic E-state index is 13.1. The van der Waals surface area contributed by atoms with Gasteiger partial charge in [-0.2, -0.15) is 4.68 Å². The minimum atomic E-state index is -0.582. The number of nitrogens with zero attached hydrogens (tertiary/aromatic N) is 3. The van der Waals surface area contributed by atoms with Gasteiger partial charge in [-0.3, -0.25) is 4.79 Å². The lowest BCUT2D eigenvalue weighted by atomic mass is 10.2. The fourth-order valence-electron chi connectivity index (χ4n) is 3.22. The van der Waals surface area contributed by atoms with Gasteiger partial charge in [-0.05, 0) is 60.2 Å². The summed E-state index contributed by atoms with van der Waals surface area (Å²) < 4.78 is 1.14. The number of carbonyl (C=O) groups excluding carboxylic acids is 1. The quantitative estimate of drug-likeness (QED) is 0.437. The van der Waals surface area contributed by atoms with Crippen molar-refractivity contribution in [2.45, 2.75) is 0 Å². The molecule has 0 aliphatic heterocycles. The van der Waals surface area contributed by atoms with E-state index < -0.39 is 6.03 Å². The highest BCUT2D eigenvalue weighted by molar-refractivity contribution is 6.30. The van der Waals surface area contributed by atoms with E-state index in [1.165, 1.54) is 0 Å². The lowest BCUT2D eigenvalue weighted by molar-refractivity contribution is 0.259. The molecule has 4 rings (SSSR count). The van der Waals surface area contributed by atoms with Gasteiger partial charge in [0.1, 0.15) is 0 Å². The van der Waals surface area contributed by atoms with Crippen molar-refractivity contribution in [3.05, 3.63) is 99.6 Å². The number of urea groups is 1. The van der Waals surface area contributed by atoms with Crippen LogP contribution in [0.5, 0.6) is 0 Å². The zero-order valence-corrected chi connectivity index (χ0v) is 18.9. The molecule has 0 aliphatic rings. The second-order valence-corrected chi connectivity index (χ2v) is 7.96. The number of halogens is 1. The lowest BCUT2D eigenvalue weighted by Crippen LogP contribution is -2.37. The van der Waals surface area contributed by atoms with E-state index in [1.54, 1.807) is 48.5 Å². The Morgan fingerprint density at radius 3 is 2.36 bits per heavy atom. The van der Waals surface area contributed by atoms with Crippen LogP contribution in [-0.2, 0) is 0 Å². The smallest absolute Gasteiger partial charge is 0.338 e. The van der Waals surface area contributed by atoms with Crippen molar-refractivity contribution in [1.29, 1.82) is 0 Å². The summed E-state index contributed by atoms with van der Waals surface area (Å²) in [6, 6.07) is 21.0. The Kier molecular flexibility index (Phi) is 6.42. The van der Waals surface area contributed by atoms with Crippen molar-refractivity contribution in [1.82, 2.24) is 9.66 Å². The maximum Gasteiger partial charge on any atom is 0.338 e. The predicted molar refractivity (Wildman–Crippen MR) is 136 cm³/mol. The molecule has 3 aromatic carbocycles. The Morgan fingerprint density at radius 2 is 1.67 bits per heavy atom. The fourth-order valence-corrected chi connectivity index (χ4v) is 3.34. The molecule has 1 heterocycles. The van der Waals surface area contributed by atoms with Gasteiger partial charge in [0.25, 0.3) is 5.56 Å². The standard InChI is InChI=1S/C25H22ClN5O2/c1-30(2)20-14-7-17(8-15-20)9-16-23-28-22-6-4-3-5-21(22)24(32)31(23)29-25(33)27-19-12-10-18(26)11-13-19/h3-16H,1-2H3,(H2,27,29,33)/b16-9+. The number of aromatic nitrogens is 2. The van der Waals surface area contributed by atoms with Crippen molar-refractivity contribution in [2.24, 2.45) is 0 Å². The number of hydrogen-bond donors (Lipinski definition) is 2. The van der Waals surface area contributed by atoms with E-state index in [9.17, 15) is 9.59 Å². The van der Waals surface area contributed by atoms with Gasteiger partial charge < -0.3 is 10.2 Å². The van der Waals surface area contributed by atoms with Gasteiger partial charge in [-0.1, -0.05) is 41.9 Å². The summed E-state index contributed by atoms with van der Waals surface area (Å²) in [6.07, 6.45) is 3.53. The first-order chi connectivity index (χ1) is 15.9. The van der Waals surface area contributed by atoms with Crippen molar-refractivity contribution in [3.63, 3.8) is 0 Å². The van der Waals surface area contributed by atoms with Gasteiger partial charge in [0.05, 0.1) is 10.9 Å².